The fourth-order valence-electron chi connectivity index (χ4n) is 2.87. The predicted octanol–water partition coefficient (Wildman–Crippen LogP) is 2.06. The third-order valence-electron chi connectivity index (χ3n) is 3.93. The normalized spacial score (nSPS) is 19.8. The van der Waals surface area contributed by atoms with Crippen molar-refractivity contribution in [2.45, 2.75) is 31.8 Å². The number of carboxylic acid groups (broad SMARTS) is 1. The number of likely N-dealkylation sites (tertiary alicyclic amines) is 1. The highest BCUT2D eigenvalue weighted by Crippen LogP contribution is 2.35. The molecule has 132 valence electrons. The Morgan fingerprint density at radius 1 is 1.40 bits per heavy atom. The van der Waals surface area contributed by atoms with Gasteiger partial charge in [-0.3, -0.25) is 4.90 Å². The molecule has 0 unspecified atom stereocenters. The van der Waals surface area contributed by atoms with Crippen LogP contribution in [0.4, 0.5) is 4.79 Å². The fourth-order valence-corrected chi connectivity index (χ4v) is 3.05. The Morgan fingerprint density at radius 2 is 2.20 bits per heavy atom. The van der Waals surface area contributed by atoms with Crippen molar-refractivity contribution in [2.75, 3.05) is 6.61 Å². The van der Waals surface area contributed by atoms with Crippen molar-refractivity contribution in [3.8, 4) is 5.69 Å². The molecule has 2 atom stereocenters. The summed E-state index contributed by atoms with van der Waals surface area (Å²) in [6, 6.07) is 5.37. The molecule has 1 aromatic heterocycles. The highest BCUT2D eigenvalue weighted by molar-refractivity contribution is 6.30. The summed E-state index contributed by atoms with van der Waals surface area (Å²) in [6.07, 6.45) is -0.460. The second kappa shape index (κ2) is 7.06. The molecule has 2 heterocycles. The second-order valence-corrected chi connectivity index (χ2v) is 5.90. The first kappa shape index (κ1) is 17.2. The minimum atomic E-state index is -1.22. The SMILES string of the molecule is CCOC(=O)[C@@H]1CC[C@H](c2nnn(-c3cccc(Cl)c3)n2)N1C(=O)O. The van der Waals surface area contributed by atoms with E-state index in [9.17, 15) is 14.7 Å². The van der Waals surface area contributed by atoms with Crippen molar-refractivity contribution < 1.29 is 19.4 Å². The molecule has 0 aliphatic carbocycles. The van der Waals surface area contributed by atoms with Crippen LogP contribution in [0.3, 0.4) is 0 Å². The molecule has 1 N–H and O–H groups in total. The summed E-state index contributed by atoms with van der Waals surface area (Å²) in [7, 11) is 0. The van der Waals surface area contributed by atoms with Crippen molar-refractivity contribution in [1.82, 2.24) is 25.1 Å². The van der Waals surface area contributed by atoms with E-state index < -0.39 is 24.1 Å². The van der Waals surface area contributed by atoms with Crippen molar-refractivity contribution in [1.29, 1.82) is 0 Å². The molecule has 1 aromatic carbocycles. The van der Waals surface area contributed by atoms with Gasteiger partial charge in [-0.1, -0.05) is 17.7 Å². The van der Waals surface area contributed by atoms with Crippen molar-refractivity contribution >= 4 is 23.7 Å². The molecule has 1 fully saturated rings. The van der Waals surface area contributed by atoms with E-state index in [1.54, 1.807) is 31.2 Å². The number of amides is 1. The largest absolute Gasteiger partial charge is 0.465 e. The monoisotopic (exact) mass is 365 g/mol. The van der Waals surface area contributed by atoms with Crippen LogP contribution in [0, 0.1) is 0 Å². The van der Waals surface area contributed by atoms with Crippen molar-refractivity contribution in [3.05, 3.63) is 35.1 Å². The molecular formula is C15H16ClN5O4. The molecule has 0 bridgehead atoms. The Labute approximate surface area is 148 Å². The number of benzene rings is 1. The van der Waals surface area contributed by atoms with Gasteiger partial charge in [0.1, 0.15) is 6.04 Å². The standard InChI is InChI=1S/C15H16ClN5O4/c1-2-25-14(22)12-7-6-11(20(12)15(23)24)13-17-19-21(18-13)10-5-3-4-9(16)8-10/h3-5,8,11-12H,2,6-7H2,1H3,(H,23,24)/t11-,12+/m1/s1. The lowest BCUT2D eigenvalue weighted by Crippen LogP contribution is -2.42. The maximum absolute atomic E-state index is 12.0. The van der Waals surface area contributed by atoms with Gasteiger partial charge in [-0.05, 0) is 43.2 Å². The lowest BCUT2D eigenvalue weighted by atomic mass is 10.2. The van der Waals surface area contributed by atoms with Crippen LogP contribution in [0.25, 0.3) is 5.69 Å². The zero-order valence-corrected chi connectivity index (χ0v) is 14.1. The number of esters is 1. The van der Waals surface area contributed by atoms with Crippen LogP contribution in [-0.4, -0.2) is 54.9 Å². The highest BCUT2D eigenvalue weighted by atomic mass is 35.5. The van der Waals surface area contributed by atoms with Gasteiger partial charge in [0, 0.05) is 5.02 Å². The second-order valence-electron chi connectivity index (χ2n) is 5.47. The van der Waals surface area contributed by atoms with Crippen LogP contribution < -0.4 is 0 Å². The number of nitrogens with zero attached hydrogens (tertiary/aromatic N) is 5. The number of carbonyl (C=O) groups is 2. The van der Waals surface area contributed by atoms with E-state index in [1.807, 2.05) is 0 Å². The van der Waals surface area contributed by atoms with Gasteiger partial charge in [0.2, 0.25) is 0 Å². The average molecular weight is 366 g/mol. The minimum absolute atomic E-state index is 0.191. The number of hydrogen-bond donors (Lipinski definition) is 1. The first-order valence-electron chi connectivity index (χ1n) is 7.75. The maximum atomic E-state index is 12.0. The van der Waals surface area contributed by atoms with Gasteiger partial charge in [0.15, 0.2) is 5.82 Å². The molecule has 1 saturated heterocycles. The fraction of sp³-hybridized carbons (Fsp3) is 0.400. The molecule has 1 amide bonds. The Kier molecular flexibility index (Phi) is 4.84. The van der Waals surface area contributed by atoms with Gasteiger partial charge < -0.3 is 9.84 Å². The number of halogens is 1. The lowest BCUT2D eigenvalue weighted by Gasteiger charge is -2.24. The highest BCUT2D eigenvalue weighted by Gasteiger charge is 2.44. The molecule has 10 heteroatoms. The van der Waals surface area contributed by atoms with Gasteiger partial charge in [-0.15, -0.1) is 15.0 Å². The number of rotatable bonds is 4. The van der Waals surface area contributed by atoms with Crippen molar-refractivity contribution in [2.24, 2.45) is 0 Å². The van der Waals surface area contributed by atoms with E-state index in [0.717, 1.165) is 4.90 Å². The zero-order chi connectivity index (χ0) is 18.0. The van der Waals surface area contributed by atoms with Gasteiger partial charge in [-0.25, -0.2) is 9.59 Å². The van der Waals surface area contributed by atoms with Crippen LogP contribution in [-0.2, 0) is 9.53 Å². The molecule has 3 rings (SSSR count). The van der Waals surface area contributed by atoms with Crippen LogP contribution in [0.5, 0.6) is 0 Å². The van der Waals surface area contributed by atoms with E-state index in [2.05, 4.69) is 15.4 Å². The third kappa shape index (κ3) is 3.41. The predicted molar refractivity (Wildman–Crippen MR) is 86.4 cm³/mol. The van der Waals surface area contributed by atoms with E-state index >= 15 is 0 Å². The average Bonchev–Trinajstić information content (AvgIpc) is 3.22. The van der Waals surface area contributed by atoms with Gasteiger partial charge >= 0.3 is 12.1 Å². The Balaban J connectivity index is 1.86. The first-order chi connectivity index (χ1) is 12.0. The Morgan fingerprint density at radius 3 is 2.88 bits per heavy atom. The minimum Gasteiger partial charge on any atom is -0.465 e. The van der Waals surface area contributed by atoms with Crippen LogP contribution in [0.2, 0.25) is 5.02 Å². The molecule has 1 aliphatic rings. The number of ether oxygens (including phenoxy) is 1. The molecule has 25 heavy (non-hydrogen) atoms. The van der Waals surface area contributed by atoms with E-state index in [-0.39, 0.29) is 12.4 Å². The summed E-state index contributed by atoms with van der Waals surface area (Å²) in [5, 5.41) is 22.2. The summed E-state index contributed by atoms with van der Waals surface area (Å²) in [6.45, 7) is 1.87. The molecule has 0 spiro atoms. The summed E-state index contributed by atoms with van der Waals surface area (Å²) >= 11 is 5.95. The number of tetrazole rings is 1. The van der Waals surface area contributed by atoms with E-state index in [1.165, 1.54) is 4.80 Å². The van der Waals surface area contributed by atoms with E-state index in [0.29, 0.717) is 23.6 Å². The molecule has 0 saturated carbocycles. The summed E-state index contributed by atoms with van der Waals surface area (Å²) < 4.78 is 4.96. The van der Waals surface area contributed by atoms with Gasteiger partial charge in [0.05, 0.1) is 18.3 Å². The topological polar surface area (TPSA) is 110 Å². The summed E-state index contributed by atoms with van der Waals surface area (Å²) in [5.41, 5.74) is 0.605. The maximum Gasteiger partial charge on any atom is 0.408 e. The molecule has 2 aromatic rings. The first-order valence-corrected chi connectivity index (χ1v) is 8.12. The quantitative estimate of drug-likeness (QED) is 0.825. The molecular weight excluding hydrogens is 350 g/mol. The van der Waals surface area contributed by atoms with Gasteiger partial charge in [-0.2, -0.15) is 0 Å². The zero-order valence-electron chi connectivity index (χ0n) is 13.4. The Hall–Kier alpha value is -2.68. The number of hydrogen-bond acceptors (Lipinski definition) is 6. The van der Waals surface area contributed by atoms with Crippen LogP contribution >= 0.6 is 11.6 Å². The molecule has 1 aliphatic heterocycles. The smallest absolute Gasteiger partial charge is 0.408 e. The molecule has 0 radical (unpaired) electrons. The number of aromatic nitrogens is 4. The van der Waals surface area contributed by atoms with Crippen LogP contribution in [0.1, 0.15) is 31.6 Å². The van der Waals surface area contributed by atoms with Crippen molar-refractivity contribution in [3.63, 3.8) is 0 Å². The summed E-state index contributed by atoms with van der Waals surface area (Å²) in [4.78, 5) is 26.0. The van der Waals surface area contributed by atoms with Crippen LogP contribution in [0.15, 0.2) is 24.3 Å². The number of carbonyl (C=O) groups excluding carboxylic acids is 1. The third-order valence-corrected chi connectivity index (χ3v) is 4.17. The lowest BCUT2D eigenvalue weighted by molar-refractivity contribution is -0.148. The van der Waals surface area contributed by atoms with Gasteiger partial charge in [0.25, 0.3) is 0 Å². The Bertz CT molecular complexity index is 796. The molecule has 9 nitrogen and oxygen atoms in total. The summed E-state index contributed by atoms with van der Waals surface area (Å²) in [5.74, 6) is -0.330. The van der Waals surface area contributed by atoms with E-state index in [4.69, 9.17) is 16.3 Å².